The molecule has 0 radical (unpaired) electrons. The van der Waals surface area contributed by atoms with E-state index in [1.807, 2.05) is 0 Å². The number of halogens is 6. The van der Waals surface area contributed by atoms with Crippen molar-refractivity contribution in [3.63, 3.8) is 0 Å². The molecule has 3 rings (SSSR count). The third-order valence-corrected chi connectivity index (χ3v) is 6.36. The summed E-state index contributed by atoms with van der Waals surface area (Å²) in [7, 11) is -4.00. The van der Waals surface area contributed by atoms with Crippen LogP contribution in [0.1, 0.15) is 18.2 Å². The fourth-order valence-corrected chi connectivity index (χ4v) is 3.95. The molecular weight excluding hydrogens is 518 g/mol. The standard InChI is InChI=1S/C21H16F6N4O4S/c1-2-36(33,34)16-9-13(12-3-6-15(7-4-12)35-21(25,26)27)10-29-18(16)19(31-32)30-17-8-5-14(11-28-17)20(22,23)24/h3-11,32H,2H2,1H3,(H,28,30,31). The molecule has 0 aliphatic heterocycles. The Labute approximate surface area is 200 Å². The van der Waals surface area contributed by atoms with Crippen molar-refractivity contribution in [2.45, 2.75) is 24.4 Å². The molecule has 0 aliphatic carbocycles. The number of hydroxylamine groups is 1. The van der Waals surface area contributed by atoms with Crippen molar-refractivity contribution in [3.05, 3.63) is 66.1 Å². The van der Waals surface area contributed by atoms with Gasteiger partial charge in [-0.1, -0.05) is 19.1 Å². The van der Waals surface area contributed by atoms with Crippen LogP contribution in [0.4, 0.5) is 32.2 Å². The van der Waals surface area contributed by atoms with Gasteiger partial charge in [0.05, 0.1) is 16.2 Å². The maximum Gasteiger partial charge on any atom is 0.573 e. The van der Waals surface area contributed by atoms with Crippen LogP contribution < -0.4 is 10.2 Å². The van der Waals surface area contributed by atoms with E-state index in [-0.39, 0.29) is 22.8 Å². The Balaban J connectivity index is 2.05. The second kappa shape index (κ2) is 10.1. The molecule has 3 aromatic rings. The highest BCUT2D eigenvalue weighted by atomic mass is 32.2. The fourth-order valence-electron chi connectivity index (χ4n) is 2.89. The zero-order valence-corrected chi connectivity index (χ0v) is 18.9. The van der Waals surface area contributed by atoms with Crippen molar-refractivity contribution in [1.82, 2.24) is 15.4 Å². The Kier molecular flexibility index (Phi) is 7.54. The fraction of sp³-hybridized carbons (Fsp3) is 0.190. The number of nitrogens with one attached hydrogen (secondary N) is 1. The predicted octanol–water partition coefficient (Wildman–Crippen LogP) is 4.91. The summed E-state index contributed by atoms with van der Waals surface area (Å²) in [4.78, 5) is 11.0. The monoisotopic (exact) mass is 534 g/mol. The molecule has 0 unspecified atom stereocenters. The molecule has 0 saturated heterocycles. The van der Waals surface area contributed by atoms with E-state index in [0.717, 1.165) is 18.2 Å². The van der Waals surface area contributed by atoms with Gasteiger partial charge in [-0.05, 0) is 35.9 Å². The summed E-state index contributed by atoms with van der Waals surface area (Å²) >= 11 is 0. The number of pyridine rings is 2. The molecule has 0 bridgehead atoms. The minimum absolute atomic E-state index is 0.203. The van der Waals surface area contributed by atoms with Crippen LogP contribution in [0.5, 0.6) is 5.75 Å². The van der Waals surface area contributed by atoms with Gasteiger partial charge in [-0.15, -0.1) is 13.2 Å². The molecule has 192 valence electrons. The van der Waals surface area contributed by atoms with Crippen molar-refractivity contribution >= 4 is 21.5 Å². The first kappa shape index (κ1) is 26.9. The van der Waals surface area contributed by atoms with E-state index in [1.54, 1.807) is 5.48 Å². The lowest BCUT2D eigenvalue weighted by atomic mass is 10.1. The average molecular weight is 534 g/mol. The highest BCUT2D eigenvalue weighted by Gasteiger charge is 2.31. The van der Waals surface area contributed by atoms with Gasteiger partial charge in [0.15, 0.2) is 21.5 Å². The maximum absolute atomic E-state index is 12.8. The van der Waals surface area contributed by atoms with Crippen LogP contribution in [0.15, 0.2) is 64.7 Å². The van der Waals surface area contributed by atoms with E-state index >= 15 is 0 Å². The number of aromatic nitrogens is 2. The number of aliphatic imine (C=N–C) groups is 1. The molecule has 0 atom stereocenters. The molecule has 2 aromatic heterocycles. The molecule has 15 heteroatoms. The highest BCUT2D eigenvalue weighted by Crippen LogP contribution is 2.31. The Morgan fingerprint density at radius 3 is 2.17 bits per heavy atom. The average Bonchev–Trinajstić information content (AvgIpc) is 2.81. The van der Waals surface area contributed by atoms with Crippen LogP contribution >= 0.6 is 0 Å². The number of nitrogens with zero attached hydrogens (tertiary/aromatic N) is 3. The summed E-state index contributed by atoms with van der Waals surface area (Å²) in [6.45, 7) is 1.34. The number of sulfone groups is 1. The predicted molar refractivity (Wildman–Crippen MR) is 114 cm³/mol. The van der Waals surface area contributed by atoms with Crippen LogP contribution in [0.25, 0.3) is 11.1 Å². The molecule has 36 heavy (non-hydrogen) atoms. The first-order valence-electron chi connectivity index (χ1n) is 9.85. The van der Waals surface area contributed by atoms with E-state index < -0.39 is 44.4 Å². The van der Waals surface area contributed by atoms with Gasteiger partial charge in [0.2, 0.25) is 0 Å². The molecule has 0 aliphatic rings. The highest BCUT2D eigenvalue weighted by molar-refractivity contribution is 7.91. The number of alkyl halides is 6. The second-order valence-electron chi connectivity index (χ2n) is 7.02. The summed E-state index contributed by atoms with van der Waals surface area (Å²) in [6.07, 6.45) is -7.83. The van der Waals surface area contributed by atoms with E-state index in [2.05, 4.69) is 19.7 Å². The number of hydrogen-bond donors (Lipinski definition) is 2. The van der Waals surface area contributed by atoms with E-state index in [1.165, 1.54) is 31.3 Å². The molecule has 0 saturated carbocycles. The van der Waals surface area contributed by atoms with Gasteiger partial charge < -0.3 is 4.74 Å². The Bertz CT molecular complexity index is 1360. The number of amidine groups is 1. The normalized spacial score (nSPS) is 12.9. The first-order chi connectivity index (χ1) is 16.7. The van der Waals surface area contributed by atoms with Crippen molar-refractivity contribution in [1.29, 1.82) is 0 Å². The Hall–Kier alpha value is -3.72. The van der Waals surface area contributed by atoms with Gasteiger partial charge in [-0.2, -0.15) is 13.2 Å². The third kappa shape index (κ3) is 6.48. The third-order valence-electron chi connectivity index (χ3n) is 4.62. The Morgan fingerprint density at radius 1 is 1.00 bits per heavy atom. The lowest BCUT2D eigenvalue weighted by Crippen LogP contribution is -2.25. The molecule has 0 amide bonds. The summed E-state index contributed by atoms with van der Waals surface area (Å²) in [5.41, 5.74) is 0.781. The van der Waals surface area contributed by atoms with Crippen LogP contribution in [-0.2, 0) is 16.0 Å². The quantitative estimate of drug-likeness (QED) is 0.200. The van der Waals surface area contributed by atoms with Crippen LogP contribution in [0.2, 0.25) is 0 Å². The van der Waals surface area contributed by atoms with Crippen molar-refractivity contribution in [3.8, 4) is 16.9 Å². The number of hydrogen-bond acceptors (Lipinski definition) is 7. The Morgan fingerprint density at radius 2 is 1.67 bits per heavy atom. The van der Waals surface area contributed by atoms with Gasteiger partial charge >= 0.3 is 12.5 Å². The summed E-state index contributed by atoms with van der Waals surface area (Å²) < 4.78 is 105. The smallest absolute Gasteiger partial charge is 0.406 e. The number of rotatable bonds is 6. The molecule has 0 fully saturated rings. The van der Waals surface area contributed by atoms with E-state index in [4.69, 9.17) is 0 Å². The SMILES string of the molecule is CCS(=O)(=O)c1cc(-c2ccc(OC(F)(F)F)cc2)cnc1C(=Nc1ccc(C(F)(F)F)cn1)NO. The van der Waals surface area contributed by atoms with Gasteiger partial charge in [-0.25, -0.2) is 18.4 Å². The minimum atomic E-state index is -4.89. The van der Waals surface area contributed by atoms with Crippen molar-refractivity contribution in [2.75, 3.05) is 5.75 Å². The zero-order chi connectivity index (χ0) is 26.7. The lowest BCUT2D eigenvalue weighted by Gasteiger charge is -2.13. The van der Waals surface area contributed by atoms with Crippen molar-refractivity contribution in [2.24, 2.45) is 4.99 Å². The summed E-state index contributed by atoms with van der Waals surface area (Å²) in [6, 6.07) is 7.36. The molecule has 2 N–H and O–H groups in total. The van der Waals surface area contributed by atoms with Crippen LogP contribution in [-0.4, -0.2) is 41.5 Å². The molecule has 0 spiro atoms. The zero-order valence-electron chi connectivity index (χ0n) is 18.1. The van der Waals surface area contributed by atoms with Gasteiger partial charge in [0, 0.05) is 18.0 Å². The molecule has 8 nitrogen and oxygen atoms in total. The van der Waals surface area contributed by atoms with Gasteiger partial charge in [0.1, 0.15) is 11.4 Å². The maximum atomic E-state index is 12.8. The number of benzene rings is 1. The minimum Gasteiger partial charge on any atom is -0.406 e. The van der Waals surface area contributed by atoms with Gasteiger partial charge in [-0.3, -0.25) is 15.7 Å². The van der Waals surface area contributed by atoms with E-state index in [9.17, 15) is 40.0 Å². The van der Waals surface area contributed by atoms with Crippen LogP contribution in [0.3, 0.4) is 0 Å². The first-order valence-corrected chi connectivity index (χ1v) is 11.5. The molecular formula is C21H16F6N4O4S. The second-order valence-corrected chi connectivity index (χ2v) is 9.27. The molecule has 2 heterocycles. The van der Waals surface area contributed by atoms with Gasteiger partial charge in [0.25, 0.3) is 0 Å². The topological polar surface area (TPSA) is 114 Å². The number of ether oxygens (including phenoxy) is 1. The summed E-state index contributed by atoms with van der Waals surface area (Å²) in [5.74, 6) is -1.68. The van der Waals surface area contributed by atoms with Crippen molar-refractivity contribution < 1.29 is 44.7 Å². The summed E-state index contributed by atoms with van der Waals surface area (Å²) in [5, 5.41) is 9.57. The molecule has 1 aromatic carbocycles. The lowest BCUT2D eigenvalue weighted by molar-refractivity contribution is -0.274. The largest absolute Gasteiger partial charge is 0.573 e. The van der Waals surface area contributed by atoms with Crippen LogP contribution in [0, 0.1) is 0 Å². The van der Waals surface area contributed by atoms with E-state index in [0.29, 0.717) is 17.8 Å².